The van der Waals surface area contributed by atoms with Gasteiger partial charge in [-0.25, -0.2) is 4.79 Å². The van der Waals surface area contributed by atoms with E-state index >= 15 is 0 Å². The van der Waals surface area contributed by atoms with E-state index in [0.717, 1.165) is 19.3 Å². The van der Waals surface area contributed by atoms with E-state index < -0.39 is 11.4 Å². The third-order valence-electron chi connectivity index (χ3n) is 4.28. The van der Waals surface area contributed by atoms with Gasteiger partial charge >= 0.3 is 12.0 Å². The van der Waals surface area contributed by atoms with Crippen LogP contribution in [0.1, 0.15) is 59.3 Å². The number of aliphatic carboxylic acids is 1. The van der Waals surface area contributed by atoms with E-state index in [0.29, 0.717) is 32.4 Å². The number of piperidine rings is 1. The van der Waals surface area contributed by atoms with Crippen LogP contribution in [-0.4, -0.2) is 41.1 Å². The van der Waals surface area contributed by atoms with Gasteiger partial charge in [-0.1, -0.05) is 26.7 Å². The molecule has 0 aliphatic carbocycles. The number of hydrogen-bond donors (Lipinski definition) is 2. The minimum absolute atomic E-state index is 0.0542. The van der Waals surface area contributed by atoms with Crippen LogP contribution < -0.4 is 5.32 Å². The van der Waals surface area contributed by atoms with Gasteiger partial charge in [0.2, 0.25) is 0 Å². The highest BCUT2D eigenvalue weighted by Crippen LogP contribution is 2.36. The van der Waals surface area contributed by atoms with Crippen LogP contribution in [0.3, 0.4) is 0 Å². The number of nitrogens with one attached hydrogen (secondary N) is 1. The van der Waals surface area contributed by atoms with Crippen LogP contribution in [0.15, 0.2) is 0 Å². The first-order valence-electron chi connectivity index (χ1n) is 7.74. The van der Waals surface area contributed by atoms with Crippen molar-refractivity contribution in [2.45, 2.75) is 65.3 Å². The molecule has 0 spiro atoms. The second kappa shape index (κ2) is 7.50. The van der Waals surface area contributed by atoms with Gasteiger partial charge in [-0.15, -0.1) is 0 Å². The summed E-state index contributed by atoms with van der Waals surface area (Å²) in [5, 5.41) is 12.4. The molecule has 20 heavy (non-hydrogen) atoms. The van der Waals surface area contributed by atoms with Gasteiger partial charge in [0.25, 0.3) is 0 Å². The van der Waals surface area contributed by atoms with E-state index in [2.05, 4.69) is 12.2 Å². The van der Waals surface area contributed by atoms with Crippen molar-refractivity contribution in [3.63, 3.8) is 0 Å². The number of carbonyl (C=O) groups is 2. The van der Waals surface area contributed by atoms with Gasteiger partial charge in [0.1, 0.15) is 0 Å². The molecule has 1 atom stereocenters. The summed E-state index contributed by atoms with van der Waals surface area (Å²) in [6.07, 6.45) is 4.70. The van der Waals surface area contributed by atoms with E-state index in [1.165, 1.54) is 0 Å². The highest BCUT2D eigenvalue weighted by atomic mass is 16.4. The van der Waals surface area contributed by atoms with Crippen molar-refractivity contribution in [2.24, 2.45) is 5.41 Å². The first kappa shape index (κ1) is 16.8. The van der Waals surface area contributed by atoms with Crippen LogP contribution >= 0.6 is 0 Å². The van der Waals surface area contributed by atoms with Gasteiger partial charge in [0, 0.05) is 19.1 Å². The number of likely N-dealkylation sites (tertiary alicyclic amines) is 1. The van der Waals surface area contributed by atoms with Crippen molar-refractivity contribution in [1.29, 1.82) is 0 Å². The number of rotatable bonds is 6. The number of carbonyl (C=O) groups excluding carboxylic acids is 1. The number of carboxylic acid groups (broad SMARTS) is 1. The fraction of sp³-hybridized carbons (Fsp3) is 0.867. The number of nitrogens with zero attached hydrogens (tertiary/aromatic N) is 1. The van der Waals surface area contributed by atoms with Crippen molar-refractivity contribution in [2.75, 3.05) is 13.1 Å². The Morgan fingerprint density at radius 3 is 2.30 bits per heavy atom. The zero-order valence-electron chi connectivity index (χ0n) is 12.9. The Morgan fingerprint density at radius 2 is 1.85 bits per heavy atom. The zero-order chi connectivity index (χ0) is 15.2. The molecular formula is C15H28N2O3. The van der Waals surface area contributed by atoms with Gasteiger partial charge in [0.15, 0.2) is 0 Å². The fourth-order valence-corrected chi connectivity index (χ4v) is 2.99. The Hall–Kier alpha value is -1.26. The molecule has 116 valence electrons. The molecule has 0 aromatic carbocycles. The number of amides is 2. The lowest BCUT2D eigenvalue weighted by Crippen LogP contribution is -2.51. The number of urea groups is 1. The second-order valence-corrected chi connectivity index (χ2v) is 5.96. The van der Waals surface area contributed by atoms with E-state index in [4.69, 9.17) is 0 Å². The molecule has 5 heteroatoms. The standard InChI is InChI=1S/C15H28N2O3/c1-4-6-12(3)16-14(20)17-10-8-15(7-5-2,9-11-17)13(18)19/h12H,4-11H2,1-3H3,(H,16,20)(H,18,19). The first-order valence-corrected chi connectivity index (χ1v) is 7.74. The summed E-state index contributed by atoms with van der Waals surface area (Å²) in [7, 11) is 0. The molecule has 2 N–H and O–H groups in total. The van der Waals surface area contributed by atoms with Gasteiger partial charge in [-0.2, -0.15) is 0 Å². The third kappa shape index (κ3) is 4.12. The molecule has 0 aromatic heterocycles. The SMILES string of the molecule is CCCC(C)NC(=O)N1CCC(CCC)(C(=O)O)CC1. The van der Waals surface area contributed by atoms with Crippen molar-refractivity contribution < 1.29 is 14.7 Å². The van der Waals surface area contributed by atoms with Gasteiger partial charge in [-0.3, -0.25) is 4.79 Å². The molecule has 0 aromatic rings. The Bertz CT molecular complexity index is 336. The maximum atomic E-state index is 12.1. The van der Waals surface area contributed by atoms with E-state index in [-0.39, 0.29) is 12.1 Å². The molecule has 0 saturated carbocycles. The van der Waals surface area contributed by atoms with Crippen molar-refractivity contribution in [3.8, 4) is 0 Å². The van der Waals surface area contributed by atoms with Crippen LogP contribution in [0.2, 0.25) is 0 Å². The Kier molecular flexibility index (Phi) is 6.30. The summed E-state index contributed by atoms with van der Waals surface area (Å²) >= 11 is 0. The van der Waals surface area contributed by atoms with Crippen LogP contribution in [0.5, 0.6) is 0 Å². The molecule has 1 heterocycles. The van der Waals surface area contributed by atoms with E-state index in [1.54, 1.807) is 4.90 Å². The van der Waals surface area contributed by atoms with Crippen molar-refractivity contribution >= 4 is 12.0 Å². The van der Waals surface area contributed by atoms with Gasteiger partial charge in [0.05, 0.1) is 5.41 Å². The monoisotopic (exact) mass is 284 g/mol. The predicted molar refractivity (Wildman–Crippen MR) is 78.7 cm³/mol. The van der Waals surface area contributed by atoms with Crippen LogP contribution in [0, 0.1) is 5.41 Å². The quantitative estimate of drug-likeness (QED) is 0.788. The maximum absolute atomic E-state index is 12.1. The molecule has 1 aliphatic heterocycles. The average molecular weight is 284 g/mol. The molecule has 1 unspecified atom stereocenters. The van der Waals surface area contributed by atoms with Crippen LogP contribution in [0.25, 0.3) is 0 Å². The van der Waals surface area contributed by atoms with Crippen LogP contribution in [0.4, 0.5) is 4.79 Å². The summed E-state index contributed by atoms with van der Waals surface area (Å²) in [5.41, 5.74) is -0.624. The third-order valence-corrected chi connectivity index (χ3v) is 4.28. The molecule has 1 saturated heterocycles. The fourth-order valence-electron chi connectivity index (χ4n) is 2.99. The molecule has 1 fully saturated rings. The molecular weight excluding hydrogens is 256 g/mol. The zero-order valence-corrected chi connectivity index (χ0v) is 12.9. The van der Waals surface area contributed by atoms with E-state index in [1.807, 2.05) is 13.8 Å². The summed E-state index contributed by atoms with van der Waals surface area (Å²) in [6.45, 7) is 7.18. The van der Waals surface area contributed by atoms with Gasteiger partial charge in [-0.05, 0) is 32.6 Å². The number of carboxylic acids is 1. The Morgan fingerprint density at radius 1 is 1.25 bits per heavy atom. The molecule has 1 aliphatic rings. The highest BCUT2D eigenvalue weighted by Gasteiger charge is 2.41. The molecule has 1 rings (SSSR count). The predicted octanol–water partition coefficient (Wildman–Crippen LogP) is 2.85. The van der Waals surface area contributed by atoms with Crippen molar-refractivity contribution in [3.05, 3.63) is 0 Å². The van der Waals surface area contributed by atoms with E-state index in [9.17, 15) is 14.7 Å². The smallest absolute Gasteiger partial charge is 0.317 e. The molecule has 2 amide bonds. The summed E-state index contributed by atoms with van der Waals surface area (Å²) in [5.74, 6) is -0.709. The second-order valence-electron chi connectivity index (χ2n) is 5.96. The average Bonchev–Trinajstić information content (AvgIpc) is 2.39. The minimum atomic E-state index is -0.709. The molecule has 0 radical (unpaired) electrons. The first-order chi connectivity index (χ1) is 9.45. The topological polar surface area (TPSA) is 69.6 Å². The lowest BCUT2D eigenvalue weighted by atomic mass is 9.75. The summed E-state index contributed by atoms with van der Waals surface area (Å²) < 4.78 is 0. The lowest BCUT2D eigenvalue weighted by molar-refractivity contribution is -0.152. The highest BCUT2D eigenvalue weighted by molar-refractivity contribution is 5.77. The molecule has 5 nitrogen and oxygen atoms in total. The summed E-state index contributed by atoms with van der Waals surface area (Å²) in [4.78, 5) is 25.3. The van der Waals surface area contributed by atoms with Crippen LogP contribution in [-0.2, 0) is 4.79 Å². The maximum Gasteiger partial charge on any atom is 0.317 e. The summed E-state index contributed by atoms with van der Waals surface area (Å²) in [6, 6.07) is 0.121. The number of hydrogen-bond acceptors (Lipinski definition) is 2. The Balaban J connectivity index is 2.52. The Labute approximate surface area is 121 Å². The normalized spacial score (nSPS) is 19.4. The minimum Gasteiger partial charge on any atom is -0.481 e. The van der Waals surface area contributed by atoms with Gasteiger partial charge < -0.3 is 15.3 Å². The van der Waals surface area contributed by atoms with Crippen molar-refractivity contribution in [1.82, 2.24) is 10.2 Å². The molecule has 0 bridgehead atoms. The largest absolute Gasteiger partial charge is 0.481 e. The lowest BCUT2D eigenvalue weighted by Gasteiger charge is -2.39.